The van der Waals surface area contributed by atoms with E-state index in [0.29, 0.717) is 11.8 Å². The molecule has 0 saturated carbocycles. The molecule has 5 heterocycles. The van der Waals surface area contributed by atoms with Crippen LogP contribution >= 0.6 is 0 Å². The molecule has 2 atom stereocenters. The van der Waals surface area contributed by atoms with Crippen molar-refractivity contribution >= 4 is 0 Å². The summed E-state index contributed by atoms with van der Waals surface area (Å²) in [4.78, 5) is 21.9. The quantitative estimate of drug-likeness (QED) is 0.815. The second-order valence-electron chi connectivity index (χ2n) is 8.69. The van der Waals surface area contributed by atoms with Crippen molar-refractivity contribution in [2.45, 2.75) is 44.8 Å². The van der Waals surface area contributed by atoms with E-state index in [1.54, 1.807) is 12.3 Å². The molecule has 5 rings (SSSR count). The van der Waals surface area contributed by atoms with Crippen molar-refractivity contribution in [3.63, 3.8) is 0 Å². The number of pyridine rings is 2. The summed E-state index contributed by atoms with van der Waals surface area (Å²) in [5, 5.41) is 0. The molecule has 2 fully saturated rings. The van der Waals surface area contributed by atoms with Gasteiger partial charge in [-0.05, 0) is 56.0 Å². The first kappa shape index (κ1) is 18.0. The Morgan fingerprint density at radius 1 is 1.04 bits per heavy atom. The molecule has 0 radical (unpaired) electrons. The highest BCUT2D eigenvalue weighted by Crippen LogP contribution is 2.35. The van der Waals surface area contributed by atoms with Gasteiger partial charge in [-0.25, -0.2) is 4.39 Å². The van der Waals surface area contributed by atoms with Crippen molar-refractivity contribution in [2.24, 2.45) is 5.92 Å². The van der Waals surface area contributed by atoms with Crippen molar-refractivity contribution in [1.29, 1.82) is 0 Å². The second-order valence-corrected chi connectivity index (χ2v) is 8.69. The molecule has 3 aliphatic rings. The summed E-state index contributed by atoms with van der Waals surface area (Å²) in [6, 6.07) is 5.81. The van der Waals surface area contributed by atoms with Crippen LogP contribution in [-0.2, 0) is 19.6 Å². The third-order valence-electron chi connectivity index (χ3n) is 6.52. The SMILES string of the molecule is O=c1c(CN2CCCC2)ccc2n1C[C@H]1C[C@@H]2CN(Cc2cncc(F)c2)C1. The summed E-state index contributed by atoms with van der Waals surface area (Å²) in [5.41, 5.74) is 3.24. The smallest absolute Gasteiger partial charge is 0.255 e. The van der Waals surface area contributed by atoms with Crippen LogP contribution in [0.15, 0.2) is 35.4 Å². The van der Waals surface area contributed by atoms with E-state index >= 15 is 0 Å². The zero-order valence-electron chi connectivity index (χ0n) is 16.2. The van der Waals surface area contributed by atoms with E-state index in [-0.39, 0.29) is 11.4 Å². The minimum atomic E-state index is -0.280. The van der Waals surface area contributed by atoms with Gasteiger partial charge in [-0.3, -0.25) is 19.6 Å². The molecule has 5 nitrogen and oxygen atoms in total. The first-order valence-electron chi connectivity index (χ1n) is 10.4. The van der Waals surface area contributed by atoms with Crippen LogP contribution in [0.3, 0.4) is 0 Å². The maximum absolute atomic E-state index is 13.5. The van der Waals surface area contributed by atoms with E-state index in [1.165, 1.54) is 24.7 Å². The predicted octanol–water partition coefficient (Wildman–Crippen LogP) is 2.60. The highest BCUT2D eigenvalue weighted by Gasteiger charge is 2.35. The van der Waals surface area contributed by atoms with Gasteiger partial charge in [-0.15, -0.1) is 0 Å². The van der Waals surface area contributed by atoms with Gasteiger partial charge in [-0.1, -0.05) is 6.07 Å². The minimum absolute atomic E-state index is 0.210. The summed E-state index contributed by atoms with van der Waals surface area (Å²) < 4.78 is 15.5. The zero-order chi connectivity index (χ0) is 19.1. The van der Waals surface area contributed by atoms with E-state index in [4.69, 9.17) is 0 Å². The Morgan fingerprint density at radius 3 is 2.71 bits per heavy atom. The fraction of sp³-hybridized carbons (Fsp3) is 0.545. The van der Waals surface area contributed by atoms with Gasteiger partial charge >= 0.3 is 0 Å². The molecular formula is C22H27FN4O. The van der Waals surface area contributed by atoms with E-state index < -0.39 is 0 Å². The number of rotatable bonds is 4. The highest BCUT2D eigenvalue weighted by atomic mass is 19.1. The number of likely N-dealkylation sites (tertiary alicyclic amines) is 2. The van der Waals surface area contributed by atoms with E-state index in [9.17, 15) is 9.18 Å². The largest absolute Gasteiger partial charge is 0.312 e. The van der Waals surface area contributed by atoms with Gasteiger partial charge in [0.25, 0.3) is 5.56 Å². The lowest BCUT2D eigenvalue weighted by Gasteiger charge is -2.43. The number of aromatic nitrogens is 2. The van der Waals surface area contributed by atoms with Gasteiger partial charge in [0, 0.05) is 56.1 Å². The molecule has 3 aliphatic heterocycles. The summed E-state index contributed by atoms with van der Waals surface area (Å²) in [6.45, 7) is 6.39. The number of hydrogen-bond acceptors (Lipinski definition) is 4. The first-order valence-corrected chi connectivity index (χ1v) is 10.4. The Balaban J connectivity index is 1.35. The highest BCUT2D eigenvalue weighted by molar-refractivity contribution is 5.23. The van der Waals surface area contributed by atoms with Crippen molar-refractivity contribution in [3.05, 3.63) is 63.6 Å². The van der Waals surface area contributed by atoms with Gasteiger partial charge < -0.3 is 4.57 Å². The van der Waals surface area contributed by atoms with Crippen LogP contribution in [0.2, 0.25) is 0 Å². The standard InChI is InChI=1S/C22H27FN4O/c23-20-8-16(9-24-10-20)11-26-12-17-7-19(15-26)21-4-3-18(22(28)27(21)13-17)14-25-5-1-2-6-25/h3-4,8-10,17,19H,1-2,5-7,11-15H2/t17-,19+/m0/s1. The Hall–Kier alpha value is -2.05. The number of nitrogens with zero attached hydrogens (tertiary/aromatic N) is 4. The number of fused-ring (bicyclic) bond motifs is 4. The van der Waals surface area contributed by atoms with Gasteiger partial charge in [0.05, 0.1) is 6.20 Å². The molecule has 2 bridgehead atoms. The molecular weight excluding hydrogens is 355 g/mol. The van der Waals surface area contributed by atoms with Crippen LogP contribution < -0.4 is 5.56 Å². The minimum Gasteiger partial charge on any atom is -0.312 e. The molecule has 0 N–H and O–H groups in total. The summed E-state index contributed by atoms with van der Waals surface area (Å²) in [7, 11) is 0. The first-order chi connectivity index (χ1) is 13.7. The lowest BCUT2D eigenvalue weighted by molar-refractivity contribution is 0.114. The Kier molecular flexibility index (Phi) is 4.77. The lowest BCUT2D eigenvalue weighted by atomic mass is 9.83. The van der Waals surface area contributed by atoms with Crippen LogP contribution in [0.4, 0.5) is 4.39 Å². The van der Waals surface area contributed by atoms with Crippen LogP contribution in [0.25, 0.3) is 0 Å². The molecule has 2 aromatic heterocycles. The number of piperidine rings is 1. The monoisotopic (exact) mass is 382 g/mol. The molecule has 0 aromatic carbocycles. The maximum atomic E-state index is 13.5. The van der Waals surface area contributed by atoms with Gasteiger partial charge in [-0.2, -0.15) is 0 Å². The van der Waals surface area contributed by atoms with E-state index in [2.05, 4.69) is 26.9 Å². The average Bonchev–Trinajstić information content (AvgIpc) is 3.18. The second kappa shape index (κ2) is 7.41. The van der Waals surface area contributed by atoms with Crippen molar-refractivity contribution in [2.75, 3.05) is 26.2 Å². The van der Waals surface area contributed by atoms with Gasteiger partial charge in [0.1, 0.15) is 5.82 Å². The molecule has 0 spiro atoms. The predicted molar refractivity (Wildman–Crippen MR) is 106 cm³/mol. The third-order valence-corrected chi connectivity index (χ3v) is 6.52. The number of halogens is 1. The molecule has 0 aliphatic carbocycles. The molecule has 6 heteroatoms. The summed E-state index contributed by atoms with van der Waals surface area (Å²) in [6.07, 6.45) is 6.62. The molecule has 148 valence electrons. The summed E-state index contributed by atoms with van der Waals surface area (Å²) >= 11 is 0. The normalized spacial score (nSPS) is 25.0. The van der Waals surface area contributed by atoms with E-state index in [1.807, 2.05) is 4.57 Å². The third kappa shape index (κ3) is 3.51. The van der Waals surface area contributed by atoms with Crippen molar-refractivity contribution in [3.8, 4) is 0 Å². The Labute approximate surface area is 164 Å². The van der Waals surface area contributed by atoms with Crippen LogP contribution in [0.1, 0.15) is 42.0 Å². The topological polar surface area (TPSA) is 41.4 Å². The fourth-order valence-electron chi connectivity index (χ4n) is 5.32. The molecule has 28 heavy (non-hydrogen) atoms. The van der Waals surface area contributed by atoms with Crippen molar-refractivity contribution < 1.29 is 4.39 Å². The fourth-order valence-corrected chi connectivity index (χ4v) is 5.32. The molecule has 0 unspecified atom stereocenters. The van der Waals surface area contributed by atoms with E-state index in [0.717, 1.165) is 63.4 Å². The molecule has 2 saturated heterocycles. The van der Waals surface area contributed by atoms with Crippen LogP contribution in [0.5, 0.6) is 0 Å². The van der Waals surface area contributed by atoms with Crippen molar-refractivity contribution in [1.82, 2.24) is 19.4 Å². The lowest BCUT2D eigenvalue weighted by Crippen LogP contribution is -2.47. The van der Waals surface area contributed by atoms with Gasteiger partial charge in [0.2, 0.25) is 0 Å². The maximum Gasteiger partial charge on any atom is 0.255 e. The number of hydrogen-bond donors (Lipinski definition) is 0. The Morgan fingerprint density at radius 2 is 1.89 bits per heavy atom. The van der Waals surface area contributed by atoms with Crippen LogP contribution in [0, 0.1) is 11.7 Å². The molecule has 2 aromatic rings. The van der Waals surface area contributed by atoms with Gasteiger partial charge in [0.15, 0.2) is 0 Å². The Bertz CT molecular complexity index is 921. The summed E-state index contributed by atoms with van der Waals surface area (Å²) in [5.74, 6) is 0.576. The zero-order valence-corrected chi connectivity index (χ0v) is 16.2. The average molecular weight is 382 g/mol. The van der Waals surface area contributed by atoms with Crippen LogP contribution in [-0.4, -0.2) is 45.5 Å². The molecule has 0 amide bonds.